The summed E-state index contributed by atoms with van der Waals surface area (Å²) in [5, 5.41) is 16.7. The molecule has 31 heteroatoms. The van der Waals surface area contributed by atoms with Gasteiger partial charge in [0.2, 0.25) is 47.5 Å². The van der Waals surface area contributed by atoms with Crippen LogP contribution in [0.2, 0.25) is 0 Å². The lowest BCUT2D eigenvalue weighted by molar-refractivity contribution is -0.139. The van der Waals surface area contributed by atoms with Crippen molar-refractivity contribution in [2.24, 2.45) is 18.9 Å². The quantitative estimate of drug-likeness (QED) is 0.0252. The zero-order valence-electron chi connectivity index (χ0n) is 65.6. The van der Waals surface area contributed by atoms with E-state index in [0.717, 1.165) is 253 Å². The van der Waals surface area contributed by atoms with Gasteiger partial charge in [0.15, 0.2) is 0 Å². The average Bonchev–Trinajstić information content (AvgIpc) is 0.956. The van der Waals surface area contributed by atoms with Crippen molar-refractivity contribution in [3.05, 3.63) is 116 Å². The number of carbonyl (C=O) groups is 5. The Labute approximate surface area is 646 Å². The summed E-state index contributed by atoms with van der Waals surface area (Å²) in [4.78, 5) is 114. The molecule has 2 saturated carbocycles. The van der Waals surface area contributed by atoms with Crippen LogP contribution in [0.25, 0.3) is 0 Å². The molecule has 0 saturated heterocycles. The third-order valence-corrected chi connectivity index (χ3v) is 20.7. The molecule has 0 unspecified atom stereocenters. The zero-order valence-corrected chi connectivity index (χ0v) is 65.6. The lowest BCUT2D eigenvalue weighted by atomic mass is 9.84. The van der Waals surface area contributed by atoms with Crippen LogP contribution in [0.1, 0.15) is 215 Å². The number of aromatic nitrogens is 11. The normalized spacial score (nSPS) is 15.2. The number of hydrogen-bond acceptors (Lipinski definition) is 25. The largest absolute Gasteiger partial charge is 0.370 e. The van der Waals surface area contributed by atoms with Crippen LogP contribution in [0.5, 0.6) is 0 Å². The number of fused-ring (bicyclic) bond motifs is 5. The minimum absolute atomic E-state index is 0.0193. The number of nitrogen functional groups attached to an aromatic ring is 5. The molecule has 5 amide bonds. The second kappa shape index (κ2) is 40.1. The molecular weight excluding hydrogens is 1390 g/mol. The van der Waals surface area contributed by atoms with E-state index in [1.807, 2.05) is 84.8 Å². The Hall–Kier alpha value is -10.8. The molecular formula is C79H116N26O5. The summed E-state index contributed by atoms with van der Waals surface area (Å²) in [6.45, 7) is 22.9. The van der Waals surface area contributed by atoms with Gasteiger partial charge in [0.1, 0.15) is 34.8 Å². The number of nitrogens with two attached hydrogens (primary N) is 5. The second-order valence-electron chi connectivity index (χ2n) is 29.1. The van der Waals surface area contributed by atoms with Gasteiger partial charge in [-0.3, -0.25) is 24.0 Å². The van der Waals surface area contributed by atoms with Crippen LogP contribution in [-0.2, 0) is 86.3 Å². The molecule has 2 fully saturated rings. The summed E-state index contributed by atoms with van der Waals surface area (Å²) in [7, 11) is 1.88. The molecule has 0 atom stereocenters. The fraction of sp³-hybridized carbons (Fsp3) is 0.557. The lowest BCUT2D eigenvalue weighted by Crippen LogP contribution is -2.42. The maximum Gasteiger partial charge on any atom is 0.270 e. The van der Waals surface area contributed by atoms with Crippen molar-refractivity contribution in [3.63, 3.8) is 0 Å². The van der Waals surface area contributed by atoms with Crippen molar-refractivity contribution < 1.29 is 24.0 Å². The second-order valence-corrected chi connectivity index (χ2v) is 29.1. The number of nitrogens with one attached hydrogen (secondary N) is 5. The number of hydrogen-bond donors (Lipinski definition) is 10. The Morgan fingerprint density at radius 1 is 0.382 bits per heavy atom. The first-order valence-electron chi connectivity index (χ1n) is 39.8. The van der Waals surface area contributed by atoms with Gasteiger partial charge in [-0.15, -0.1) is 0 Å². The van der Waals surface area contributed by atoms with Crippen LogP contribution in [0.15, 0.2) is 48.7 Å². The fourth-order valence-electron chi connectivity index (χ4n) is 14.0. The minimum atomic E-state index is 0.0193. The van der Waals surface area contributed by atoms with Gasteiger partial charge in [-0.25, -0.2) is 24.9 Å². The standard InChI is InChI=1S/C18H23N5O.C17H24N6O.C16H25N5O.C15H23N5O.C13H21N5O/c1-2-3-10-20-16-14-9-11-23(12-15(14)21-18(19)22-16)17(24)13-7-5-4-6-8-13;1-3-4-8-19-15-12-7-10-23(11-13(12)20-17(18)21-15)16(24)14-6-5-9-22(14)2;1-2-3-8-18-14-12-10-21(15(22)11-5-4-6-11)9-7-13(12)19-16(17)20-14;1-2-3-7-17-13-11-6-8-20(14(21)10-4-5-10)9-12(11)18-15(16)19-13;1-3-4-6-15-12-10-8-18(9(2)19)7-5-11(10)16-13(14)17-12/h4-8H,2-3,9-12H2,1H3,(H3,19,20,21,22);5-6,9H,3-4,7-8,10-11H2,1-2H3,(H3,18,19,20,21);11H,2-10H2,1H3,(H3,17,18,19,20);10H,2-9H2,1H3,(H3,16,17,18,19);3-8H2,1-2H3,(H3,14,15,16,17). The number of unbranched alkanes of at least 4 members (excludes halogenated alkanes) is 5. The van der Waals surface area contributed by atoms with Crippen molar-refractivity contribution in [1.82, 2.24) is 78.9 Å². The molecule has 6 aromatic heterocycles. The molecule has 7 aliphatic rings. The lowest BCUT2D eigenvalue weighted by Gasteiger charge is -2.35. The zero-order chi connectivity index (χ0) is 78.2. The van der Waals surface area contributed by atoms with E-state index in [-0.39, 0.29) is 53.3 Å². The summed E-state index contributed by atoms with van der Waals surface area (Å²) in [6.07, 6.45) is 22.1. The topological polar surface area (TPSA) is 426 Å². The van der Waals surface area contributed by atoms with E-state index >= 15 is 0 Å². The summed E-state index contributed by atoms with van der Waals surface area (Å²) < 4.78 is 1.84. The van der Waals surface area contributed by atoms with Crippen LogP contribution in [0.3, 0.4) is 0 Å². The molecule has 1 aromatic carbocycles. The van der Waals surface area contributed by atoms with Crippen LogP contribution in [-0.4, -0.2) is 174 Å². The number of amides is 5. The first kappa shape index (κ1) is 81.8. The molecule has 5 aliphatic heterocycles. The van der Waals surface area contributed by atoms with Crippen molar-refractivity contribution >= 4 is 88.4 Å². The van der Waals surface area contributed by atoms with Gasteiger partial charge in [0, 0.05) is 144 Å². The fourth-order valence-corrected chi connectivity index (χ4v) is 14.0. The average molecular weight is 1510 g/mol. The van der Waals surface area contributed by atoms with Crippen LogP contribution in [0.4, 0.5) is 58.8 Å². The summed E-state index contributed by atoms with van der Waals surface area (Å²) >= 11 is 0. The van der Waals surface area contributed by atoms with Gasteiger partial charge in [-0.05, 0) is 101 Å². The van der Waals surface area contributed by atoms with E-state index < -0.39 is 0 Å². The Kier molecular flexibility index (Phi) is 29.8. The summed E-state index contributed by atoms with van der Waals surface area (Å²) in [5.74, 6) is 6.68. The van der Waals surface area contributed by atoms with Gasteiger partial charge < -0.3 is 84.3 Å². The van der Waals surface area contributed by atoms with Crippen LogP contribution >= 0.6 is 0 Å². The Bertz CT molecular complexity index is 4260. The van der Waals surface area contributed by atoms with E-state index in [1.54, 1.807) is 6.92 Å². The molecule has 0 bridgehead atoms. The molecule has 0 radical (unpaired) electrons. The van der Waals surface area contributed by atoms with Crippen LogP contribution < -0.4 is 55.3 Å². The number of carbonyl (C=O) groups excluding carboxylic acids is 5. The maximum atomic E-state index is 12.7. The highest BCUT2D eigenvalue weighted by Crippen LogP contribution is 2.36. The van der Waals surface area contributed by atoms with Crippen LogP contribution in [0, 0.1) is 11.8 Å². The van der Waals surface area contributed by atoms with Crippen molar-refractivity contribution in [3.8, 4) is 0 Å². The molecule has 592 valence electrons. The highest BCUT2D eigenvalue weighted by Gasteiger charge is 2.37. The number of aryl methyl sites for hydroxylation is 1. The van der Waals surface area contributed by atoms with E-state index in [0.29, 0.717) is 81.4 Å². The summed E-state index contributed by atoms with van der Waals surface area (Å²) in [5.41, 5.74) is 40.3. The number of benzene rings is 1. The monoisotopic (exact) mass is 1510 g/mol. The predicted octanol–water partition coefficient (Wildman–Crippen LogP) is 8.97. The molecule has 11 heterocycles. The van der Waals surface area contributed by atoms with Crippen molar-refractivity contribution in [2.45, 2.75) is 203 Å². The van der Waals surface area contributed by atoms with Crippen molar-refractivity contribution in [1.29, 1.82) is 0 Å². The predicted molar refractivity (Wildman–Crippen MR) is 431 cm³/mol. The van der Waals surface area contributed by atoms with Gasteiger partial charge in [0.05, 0.1) is 61.2 Å². The van der Waals surface area contributed by atoms with Gasteiger partial charge >= 0.3 is 0 Å². The smallest absolute Gasteiger partial charge is 0.270 e. The van der Waals surface area contributed by atoms with Gasteiger partial charge in [-0.2, -0.15) is 24.9 Å². The number of rotatable bonds is 24. The third kappa shape index (κ3) is 22.0. The molecule has 15 N–H and O–H groups in total. The van der Waals surface area contributed by atoms with E-state index in [1.165, 1.54) is 6.42 Å². The molecule has 110 heavy (non-hydrogen) atoms. The van der Waals surface area contributed by atoms with E-state index in [2.05, 4.69) is 111 Å². The van der Waals surface area contributed by atoms with Crippen molar-refractivity contribution in [2.75, 3.05) is 121 Å². The third-order valence-electron chi connectivity index (χ3n) is 20.7. The summed E-state index contributed by atoms with van der Waals surface area (Å²) in [6, 6.07) is 13.0. The van der Waals surface area contributed by atoms with E-state index in [9.17, 15) is 24.0 Å². The molecule has 2 aliphatic carbocycles. The van der Waals surface area contributed by atoms with E-state index in [4.69, 9.17) is 28.7 Å². The van der Waals surface area contributed by atoms with Gasteiger partial charge in [-0.1, -0.05) is 91.3 Å². The highest BCUT2D eigenvalue weighted by atomic mass is 16.2. The first-order chi connectivity index (χ1) is 53.3. The Balaban J connectivity index is 0.000000147. The maximum absolute atomic E-state index is 12.7. The Morgan fingerprint density at radius 2 is 0.718 bits per heavy atom. The molecule has 31 nitrogen and oxygen atoms in total. The minimum Gasteiger partial charge on any atom is -0.370 e. The molecule has 7 aromatic rings. The first-order valence-corrected chi connectivity index (χ1v) is 39.8. The molecule has 14 rings (SSSR count). The number of nitrogens with zero attached hydrogens (tertiary/aromatic N) is 16. The van der Waals surface area contributed by atoms with Gasteiger partial charge in [0.25, 0.3) is 11.8 Å². The molecule has 0 spiro atoms. The highest BCUT2D eigenvalue weighted by molar-refractivity contribution is 5.94. The SMILES string of the molecule is CCCCNc1nc(N)nc2c1CCN(C(=O)C1CC1)C2.CCCCNc1nc(N)nc2c1CCN(C(=O)c1ccccc1)C2.CCCCNc1nc(N)nc2c1CCN(C(=O)c1cccn1C)C2.CCCCNc1nc(N)nc2c1CN(C(=O)C1CCC1)CC2.CCCCNc1nc(N)nc2c1CN(C(C)=O)CC2. The Morgan fingerprint density at radius 3 is 1.08 bits per heavy atom. The number of anilines is 10.